The number of halogens is 1. The van der Waals surface area contributed by atoms with Crippen LogP contribution in [-0.4, -0.2) is 30.6 Å². The molecule has 1 aromatic carbocycles. The zero-order valence-corrected chi connectivity index (χ0v) is 13.3. The molecule has 2 rings (SSSR count). The van der Waals surface area contributed by atoms with Gasteiger partial charge >= 0.3 is 5.97 Å². The van der Waals surface area contributed by atoms with Crippen molar-refractivity contribution in [3.8, 4) is 0 Å². The van der Waals surface area contributed by atoms with Crippen molar-refractivity contribution >= 4 is 11.9 Å². The number of carboxylic acid groups (broad SMARTS) is 1. The predicted molar refractivity (Wildman–Crippen MR) is 83.5 cm³/mol. The van der Waals surface area contributed by atoms with Crippen LogP contribution < -0.4 is 5.32 Å². The molecule has 0 fully saturated rings. The fourth-order valence-corrected chi connectivity index (χ4v) is 2.27. The van der Waals surface area contributed by atoms with Gasteiger partial charge < -0.3 is 19.6 Å². The summed E-state index contributed by atoms with van der Waals surface area (Å²) in [5.74, 6) is -1.87. The highest BCUT2D eigenvalue weighted by Gasteiger charge is 2.21. The molecule has 1 aromatic heterocycles. The van der Waals surface area contributed by atoms with Gasteiger partial charge in [0.15, 0.2) is 5.76 Å². The second-order valence-electron chi connectivity index (χ2n) is 5.09. The SMILES string of the molecule is CCc1oc(C(=O)NCC(OC)c2ccc(F)cc2)cc1C(=O)O. The van der Waals surface area contributed by atoms with E-state index in [1.807, 2.05) is 0 Å². The molecule has 0 radical (unpaired) electrons. The third kappa shape index (κ3) is 3.99. The first kappa shape index (κ1) is 17.7. The van der Waals surface area contributed by atoms with Gasteiger partial charge in [-0.1, -0.05) is 19.1 Å². The van der Waals surface area contributed by atoms with Crippen molar-refractivity contribution in [1.29, 1.82) is 0 Å². The second kappa shape index (κ2) is 7.74. The molecule has 0 aliphatic rings. The zero-order chi connectivity index (χ0) is 17.7. The number of methoxy groups -OCH3 is 1. The number of carbonyl (C=O) groups is 2. The van der Waals surface area contributed by atoms with Gasteiger partial charge in [0, 0.05) is 26.1 Å². The largest absolute Gasteiger partial charge is 0.478 e. The van der Waals surface area contributed by atoms with Crippen LogP contribution in [0.3, 0.4) is 0 Å². The molecule has 0 saturated carbocycles. The maximum absolute atomic E-state index is 13.0. The Labute approximate surface area is 138 Å². The van der Waals surface area contributed by atoms with Crippen molar-refractivity contribution in [2.45, 2.75) is 19.4 Å². The van der Waals surface area contributed by atoms with E-state index in [2.05, 4.69) is 5.32 Å². The van der Waals surface area contributed by atoms with Crippen LogP contribution in [0.5, 0.6) is 0 Å². The van der Waals surface area contributed by atoms with Crippen LogP contribution in [0.15, 0.2) is 34.7 Å². The van der Waals surface area contributed by atoms with Crippen molar-refractivity contribution < 1.29 is 28.2 Å². The van der Waals surface area contributed by atoms with E-state index in [0.29, 0.717) is 12.0 Å². The smallest absolute Gasteiger partial charge is 0.339 e. The Bertz CT molecular complexity index is 723. The number of carboxylic acids is 1. The minimum Gasteiger partial charge on any atom is -0.478 e. The topological polar surface area (TPSA) is 88.8 Å². The minimum absolute atomic E-state index is 0.0236. The summed E-state index contributed by atoms with van der Waals surface area (Å²) >= 11 is 0. The van der Waals surface area contributed by atoms with Gasteiger partial charge in [0.1, 0.15) is 17.1 Å². The van der Waals surface area contributed by atoms with Gasteiger partial charge in [0.05, 0.1) is 6.10 Å². The van der Waals surface area contributed by atoms with Gasteiger partial charge in [-0.3, -0.25) is 4.79 Å². The molecule has 2 aromatic rings. The molecule has 2 N–H and O–H groups in total. The summed E-state index contributed by atoms with van der Waals surface area (Å²) in [7, 11) is 1.48. The number of benzene rings is 1. The molecule has 0 aliphatic carbocycles. The number of furan rings is 1. The number of rotatable bonds is 7. The normalized spacial score (nSPS) is 12.0. The summed E-state index contributed by atoms with van der Waals surface area (Å²) in [6.45, 7) is 1.87. The van der Waals surface area contributed by atoms with Crippen molar-refractivity contribution in [1.82, 2.24) is 5.32 Å². The summed E-state index contributed by atoms with van der Waals surface area (Å²) in [4.78, 5) is 23.2. The Balaban J connectivity index is 2.06. The highest BCUT2D eigenvalue weighted by Crippen LogP contribution is 2.18. The van der Waals surface area contributed by atoms with E-state index in [1.165, 1.54) is 25.3 Å². The number of aromatic carboxylic acids is 1. The first-order chi connectivity index (χ1) is 11.5. The number of carbonyl (C=O) groups excluding carboxylic acids is 1. The molecule has 7 heteroatoms. The van der Waals surface area contributed by atoms with Crippen LogP contribution in [0.2, 0.25) is 0 Å². The van der Waals surface area contributed by atoms with Crippen LogP contribution in [-0.2, 0) is 11.2 Å². The molecule has 0 spiro atoms. The minimum atomic E-state index is -1.14. The molecule has 0 aliphatic heterocycles. The van der Waals surface area contributed by atoms with E-state index >= 15 is 0 Å². The third-order valence-electron chi connectivity index (χ3n) is 3.56. The zero-order valence-electron chi connectivity index (χ0n) is 13.3. The number of amides is 1. The van der Waals surface area contributed by atoms with E-state index < -0.39 is 18.0 Å². The number of hydrogen-bond acceptors (Lipinski definition) is 4. The predicted octanol–water partition coefficient (Wildman–Crippen LogP) is 2.80. The molecule has 6 nitrogen and oxygen atoms in total. The molecule has 0 bridgehead atoms. The number of hydrogen-bond donors (Lipinski definition) is 2. The van der Waals surface area contributed by atoms with E-state index in [4.69, 9.17) is 14.3 Å². The van der Waals surface area contributed by atoms with E-state index in [1.54, 1.807) is 19.1 Å². The van der Waals surface area contributed by atoms with Gasteiger partial charge in [0.2, 0.25) is 0 Å². The summed E-state index contributed by atoms with van der Waals surface area (Å²) in [6, 6.07) is 6.96. The van der Waals surface area contributed by atoms with Crippen LogP contribution in [0.1, 0.15) is 45.3 Å². The fourth-order valence-electron chi connectivity index (χ4n) is 2.27. The Morgan fingerprint density at radius 2 is 2.00 bits per heavy atom. The number of nitrogens with one attached hydrogen (secondary N) is 1. The lowest BCUT2D eigenvalue weighted by molar-refractivity contribution is 0.0694. The molecule has 1 atom stereocenters. The number of ether oxygens (including phenoxy) is 1. The first-order valence-corrected chi connectivity index (χ1v) is 7.38. The monoisotopic (exact) mass is 335 g/mol. The molecule has 128 valence electrons. The maximum atomic E-state index is 13.0. The Kier molecular flexibility index (Phi) is 5.70. The Morgan fingerprint density at radius 1 is 1.33 bits per heavy atom. The van der Waals surface area contributed by atoms with Gasteiger partial charge in [-0.15, -0.1) is 0 Å². The van der Waals surface area contributed by atoms with Crippen LogP contribution >= 0.6 is 0 Å². The van der Waals surface area contributed by atoms with Gasteiger partial charge in [-0.25, -0.2) is 9.18 Å². The molecule has 0 saturated heterocycles. The van der Waals surface area contributed by atoms with Gasteiger partial charge in [-0.05, 0) is 17.7 Å². The molecule has 1 heterocycles. The van der Waals surface area contributed by atoms with Gasteiger partial charge in [0.25, 0.3) is 5.91 Å². The second-order valence-corrected chi connectivity index (χ2v) is 5.09. The van der Waals surface area contributed by atoms with Crippen molar-refractivity contribution in [2.24, 2.45) is 0 Å². The van der Waals surface area contributed by atoms with Crippen LogP contribution in [0.4, 0.5) is 4.39 Å². The van der Waals surface area contributed by atoms with Crippen molar-refractivity contribution in [3.63, 3.8) is 0 Å². The Morgan fingerprint density at radius 3 is 2.50 bits per heavy atom. The standard InChI is InChI=1S/C17H18FNO5/c1-3-13-12(17(21)22)8-14(24-13)16(20)19-9-15(23-2)10-4-6-11(18)7-5-10/h4-8,15H,3,9H2,1-2H3,(H,19,20)(H,21,22). The highest BCUT2D eigenvalue weighted by molar-refractivity contribution is 5.96. The van der Waals surface area contributed by atoms with Gasteiger partial charge in [-0.2, -0.15) is 0 Å². The van der Waals surface area contributed by atoms with E-state index in [-0.39, 0.29) is 29.4 Å². The third-order valence-corrected chi connectivity index (χ3v) is 3.56. The summed E-state index contributed by atoms with van der Waals surface area (Å²) < 4.78 is 23.5. The molecule has 1 unspecified atom stereocenters. The average molecular weight is 335 g/mol. The van der Waals surface area contributed by atoms with Crippen molar-refractivity contribution in [2.75, 3.05) is 13.7 Å². The molecule has 1 amide bonds. The molecular formula is C17H18FNO5. The molecule has 24 heavy (non-hydrogen) atoms. The molecular weight excluding hydrogens is 317 g/mol. The first-order valence-electron chi connectivity index (χ1n) is 7.38. The van der Waals surface area contributed by atoms with E-state index in [9.17, 15) is 14.0 Å². The lowest BCUT2D eigenvalue weighted by Crippen LogP contribution is -2.28. The quantitative estimate of drug-likeness (QED) is 0.812. The summed E-state index contributed by atoms with van der Waals surface area (Å²) in [5.41, 5.74) is 0.684. The average Bonchev–Trinajstić information content (AvgIpc) is 3.01. The van der Waals surface area contributed by atoms with Crippen LogP contribution in [0, 0.1) is 5.82 Å². The number of aryl methyl sites for hydroxylation is 1. The lowest BCUT2D eigenvalue weighted by atomic mass is 10.1. The van der Waals surface area contributed by atoms with Crippen molar-refractivity contribution in [3.05, 3.63) is 58.8 Å². The Hall–Kier alpha value is -2.67. The summed E-state index contributed by atoms with van der Waals surface area (Å²) in [5, 5.41) is 11.7. The van der Waals surface area contributed by atoms with Crippen LogP contribution in [0.25, 0.3) is 0 Å². The fraction of sp³-hybridized carbons (Fsp3) is 0.294. The summed E-state index contributed by atoms with van der Waals surface area (Å²) in [6.07, 6.45) is -0.0975. The highest BCUT2D eigenvalue weighted by atomic mass is 19.1. The maximum Gasteiger partial charge on any atom is 0.339 e. The van der Waals surface area contributed by atoms with E-state index in [0.717, 1.165) is 0 Å². The lowest BCUT2D eigenvalue weighted by Gasteiger charge is -2.16.